The van der Waals surface area contributed by atoms with Gasteiger partial charge in [-0.3, -0.25) is 0 Å². The Kier molecular flexibility index (Phi) is 5.18. The van der Waals surface area contributed by atoms with Crippen LogP contribution in [-0.4, -0.2) is 32.4 Å². The lowest BCUT2D eigenvalue weighted by atomic mass is 10.2. The minimum Gasteiger partial charge on any atom is -0.380 e. The van der Waals surface area contributed by atoms with E-state index in [0.29, 0.717) is 13.2 Å². The topological polar surface area (TPSA) is 59.6 Å². The highest BCUT2D eigenvalue weighted by molar-refractivity contribution is 5.89. The van der Waals surface area contributed by atoms with Crippen LogP contribution in [0.15, 0.2) is 24.3 Å². The van der Waals surface area contributed by atoms with E-state index in [1.54, 1.807) is 7.11 Å². The lowest BCUT2D eigenvalue weighted by Gasteiger charge is -2.12. The van der Waals surface area contributed by atoms with Gasteiger partial charge in [-0.1, -0.05) is 12.1 Å². The molecule has 104 valence electrons. The van der Waals surface area contributed by atoms with E-state index in [1.807, 2.05) is 24.3 Å². The fourth-order valence-electron chi connectivity index (χ4n) is 2.09. The van der Waals surface area contributed by atoms with E-state index in [2.05, 4.69) is 10.6 Å². The molecular weight excluding hydrogens is 244 g/mol. The molecule has 0 bridgehead atoms. The summed E-state index contributed by atoms with van der Waals surface area (Å²) in [5.41, 5.74) is 1.79. The summed E-state index contributed by atoms with van der Waals surface area (Å²) in [6, 6.07) is 7.40. The normalized spacial score (nSPS) is 18.3. The third-order valence-electron chi connectivity index (χ3n) is 3.01. The molecule has 0 spiro atoms. The number of carbonyl (C=O) groups excluding carboxylic acids is 1. The first-order valence-electron chi connectivity index (χ1n) is 6.52. The Balaban J connectivity index is 1.79. The predicted octanol–water partition coefficient (Wildman–Crippen LogP) is 2.13. The third kappa shape index (κ3) is 4.54. The Morgan fingerprint density at radius 1 is 1.53 bits per heavy atom. The summed E-state index contributed by atoms with van der Waals surface area (Å²) in [7, 11) is 1.65. The van der Waals surface area contributed by atoms with E-state index in [4.69, 9.17) is 9.47 Å². The summed E-state index contributed by atoms with van der Waals surface area (Å²) in [5, 5.41) is 5.62. The highest BCUT2D eigenvalue weighted by atomic mass is 16.5. The van der Waals surface area contributed by atoms with Gasteiger partial charge >= 0.3 is 6.03 Å². The summed E-state index contributed by atoms with van der Waals surface area (Å²) in [6.07, 6.45) is 2.25. The Bertz CT molecular complexity index is 417. The first-order valence-corrected chi connectivity index (χ1v) is 6.52. The molecule has 0 radical (unpaired) electrons. The molecule has 0 saturated carbocycles. The van der Waals surface area contributed by atoms with Crippen molar-refractivity contribution in [2.75, 3.05) is 25.6 Å². The minimum absolute atomic E-state index is 0.158. The van der Waals surface area contributed by atoms with Crippen molar-refractivity contribution >= 4 is 11.7 Å². The van der Waals surface area contributed by atoms with Crippen molar-refractivity contribution in [2.24, 2.45) is 0 Å². The molecular formula is C14H20N2O3. The van der Waals surface area contributed by atoms with Crippen LogP contribution in [0.3, 0.4) is 0 Å². The monoisotopic (exact) mass is 264 g/mol. The number of carbonyl (C=O) groups is 1. The van der Waals surface area contributed by atoms with Crippen LogP contribution in [0.2, 0.25) is 0 Å². The quantitative estimate of drug-likeness (QED) is 0.856. The zero-order chi connectivity index (χ0) is 13.5. The van der Waals surface area contributed by atoms with E-state index in [9.17, 15) is 4.79 Å². The highest BCUT2D eigenvalue weighted by Gasteiger charge is 2.15. The van der Waals surface area contributed by atoms with Crippen LogP contribution >= 0.6 is 0 Å². The van der Waals surface area contributed by atoms with Crippen LogP contribution in [0.5, 0.6) is 0 Å². The van der Waals surface area contributed by atoms with Crippen molar-refractivity contribution in [1.82, 2.24) is 5.32 Å². The summed E-state index contributed by atoms with van der Waals surface area (Å²) in [4.78, 5) is 11.7. The molecule has 0 aliphatic carbocycles. The molecule has 0 aromatic heterocycles. The van der Waals surface area contributed by atoms with E-state index in [-0.39, 0.29) is 12.1 Å². The first kappa shape index (κ1) is 13.8. The molecule has 5 heteroatoms. The number of benzene rings is 1. The standard InChI is InChI=1S/C14H20N2O3/c1-18-10-11-4-2-5-12(8-11)16-14(17)15-9-13-6-3-7-19-13/h2,4-5,8,13H,3,6-7,9-10H2,1H3,(H2,15,16,17). The Morgan fingerprint density at radius 3 is 3.16 bits per heavy atom. The fourth-order valence-corrected chi connectivity index (χ4v) is 2.09. The minimum atomic E-state index is -0.204. The van der Waals surface area contributed by atoms with Crippen molar-refractivity contribution in [3.63, 3.8) is 0 Å². The molecule has 1 fully saturated rings. The number of hydrogen-bond acceptors (Lipinski definition) is 3. The van der Waals surface area contributed by atoms with Gasteiger partial charge in [0.15, 0.2) is 0 Å². The van der Waals surface area contributed by atoms with Crippen LogP contribution in [0.4, 0.5) is 10.5 Å². The summed E-state index contributed by atoms with van der Waals surface area (Å²) in [6.45, 7) is 1.89. The summed E-state index contributed by atoms with van der Waals surface area (Å²) < 4.78 is 10.5. The average Bonchev–Trinajstić information content (AvgIpc) is 2.90. The fraction of sp³-hybridized carbons (Fsp3) is 0.500. The van der Waals surface area contributed by atoms with Gasteiger partial charge in [0, 0.05) is 25.9 Å². The van der Waals surface area contributed by atoms with E-state index in [1.165, 1.54) is 0 Å². The van der Waals surface area contributed by atoms with Gasteiger partial charge in [0.2, 0.25) is 0 Å². The third-order valence-corrected chi connectivity index (χ3v) is 3.01. The van der Waals surface area contributed by atoms with Crippen LogP contribution < -0.4 is 10.6 Å². The van der Waals surface area contributed by atoms with Gasteiger partial charge in [-0.25, -0.2) is 4.79 Å². The second kappa shape index (κ2) is 7.11. The molecule has 1 saturated heterocycles. The van der Waals surface area contributed by atoms with Crippen molar-refractivity contribution in [1.29, 1.82) is 0 Å². The van der Waals surface area contributed by atoms with Crippen molar-refractivity contribution in [3.05, 3.63) is 29.8 Å². The maximum absolute atomic E-state index is 11.7. The number of anilines is 1. The average molecular weight is 264 g/mol. The van der Waals surface area contributed by atoms with Crippen molar-refractivity contribution < 1.29 is 14.3 Å². The molecule has 1 aromatic carbocycles. The number of hydrogen-bond donors (Lipinski definition) is 2. The molecule has 1 unspecified atom stereocenters. The van der Waals surface area contributed by atoms with Crippen LogP contribution in [0.25, 0.3) is 0 Å². The molecule has 5 nitrogen and oxygen atoms in total. The van der Waals surface area contributed by atoms with Crippen LogP contribution in [-0.2, 0) is 16.1 Å². The van der Waals surface area contributed by atoms with E-state index in [0.717, 1.165) is 30.7 Å². The number of amides is 2. The summed E-state index contributed by atoms with van der Waals surface area (Å²) >= 11 is 0. The van der Waals surface area contributed by atoms with Gasteiger partial charge in [-0.05, 0) is 30.5 Å². The van der Waals surface area contributed by atoms with Gasteiger partial charge in [0.05, 0.1) is 12.7 Å². The number of ether oxygens (including phenoxy) is 2. The molecule has 1 atom stereocenters. The predicted molar refractivity (Wildman–Crippen MR) is 73.2 cm³/mol. The largest absolute Gasteiger partial charge is 0.380 e. The maximum atomic E-state index is 11.7. The van der Waals surface area contributed by atoms with Crippen LogP contribution in [0.1, 0.15) is 18.4 Å². The molecule has 2 amide bonds. The second-order valence-corrected chi connectivity index (χ2v) is 4.60. The lowest BCUT2D eigenvalue weighted by molar-refractivity contribution is 0.112. The number of nitrogens with one attached hydrogen (secondary N) is 2. The van der Waals surface area contributed by atoms with Gasteiger partial charge in [-0.15, -0.1) is 0 Å². The SMILES string of the molecule is COCc1cccc(NC(=O)NCC2CCCO2)c1. The second-order valence-electron chi connectivity index (χ2n) is 4.60. The Hall–Kier alpha value is -1.59. The number of rotatable bonds is 5. The van der Waals surface area contributed by atoms with Gasteiger partial charge in [0.1, 0.15) is 0 Å². The van der Waals surface area contributed by atoms with Crippen LogP contribution in [0, 0.1) is 0 Å². The van der Waals surface area contributed by atoms with E-state index < -0.39 is 0 Å². The molecule has 1 heterocycles. The maximum Gasteiger partial charge on any atom is 0.319 e. The zero-order valence-electron chi connectivity index (χ0n) is 11.1. The van der Waals surface area contributed by atoms with Gasteiger partial charge < -0.3 is 20.1 Å². The van der Waals surface area contributed by atoms with E-state index >= 15 is 0 Å². The molecule has 19 heavy (non-hydrogen) atoms. The number of methoxy groups -OCH3 is 1. The molecule has 2 N–H and O–H groups in total. The van der Waals surface area contributed by atoms with Crippen molar-refractivity contribution in [3.8, 4) is 0 Å². The molecule has 1 aliphatic rings. The smallest absolute Gasteiger partial charge is 0.319 e. The Morgan fingerprint density at radius 2 is 2.42 bits per heavy atom. The van der Waals surface area contributed by atoms with Gasteiger partial charge in [0.25, 0.3) is 0 Å². The number of urea groups is 1. The first-order chi connectivity index (χ1) is 9.28. The highest BCUT2D eigenvalue weighted by Crippen LogP contribution is 2.12. The molecule has 1 aromatic rings. The van der Waals surface area contributed by atoms with Crippen molar-refractivity contribution in [2.45, 2.75) is 25.6 Å². The Labute approximate surface area is 113 Å². The zero-order valence-corrected chi connectivity index (χ0v) is 11.1. The molecule has 1 aliphatic heterocycles. The lowest BCUT2D eigenvalue weighted by Crippen LogP contribution is -2.35. The summed E-state index contributed by atoms with van der Waals surface area (Å²) in [5.74, 6) is 0. The molecule has 2 rings (SSSR count). The van der Waals surface area contributed by atoms with Gasteiger partial charge in [-0.2, -0.15) is 0 Å².